The van der Waals surface area contributed by atoms with E-state index in [0.717, 1.165) is 22.7 Å². The summed E-state index contributed by atoms with van der Waals surface area (Å²) in [5.74, 6) is -2.42. The number of cyclic esters (lactones) is 1. The average molecular weight is 392 g/mol. The monoisotopic (exact) mass is 392 g/mol. The quantitative estimate of drug-likeness (QED) is 0.412. The number of benzene rings is 2. The highest BCUT2D eigenvalue weighted by Gasteiger charge is 2.24. The van der Waals surface area contributed by atoms with Crippen LogP contribution in [0.3, 0.4) is 0 Å². The number of fused-ring (bicyclic) bond motifs is 1. The number of amides is 1. The lowest BCUT2D eigenvalue weighted by Gasteiger charge is -2.06. The maximum Gasteiger partial charge on any atom is 0.333 e. The molecule has 1 N–H and O–H groups in total. The first-order chi connectivity index (χ1) is 13.9. The third-order valence-electron chi connectivity index (χ3n) is 4.69. The first-order valence-corrected chi connectivity index (χ1v) is 8.97. The Morgan fingerprint density at radius 3 is 2.62 bits per heavy atom. The summed E-state index contributed by atoms with van der Waals surface area (Å²) in [5, 5.41) is 3.08. The minimum absolute atomic E-state index is 0.0662. The predicted molar refractivity (Wildman–Crippen MR) is 104 cm³/mol. The van der Waals surface area contributed by atoms with Crippen molar-refractivity contribution in [2.45, 2.75) is 13.5 Å². The molecule has 1 aliphatic rings. The summed E-state index contributed by atoms with van der Waals surface area (Å²) in [6.45, 7) is 2.25. The summed E-state index contributed by atoms with van der Waals surface area (Å²) in [6, 6.07) is 11.8. The number of aromatic nitrogens is 1. The summed E-state index contributed by atoms with van der Waals surface area (Å²) in [6.07, 6.45) is 2.77. The highest BCUT2D eigenvalue weighted by atomic mass is 19.1. The van der Waals surface area contributed by atoms with Gasteiger partial charge in [-0.15, -0.1) is 0 Å². The van der Waals surface area contributed by atoms with Crippen molar-refractivity contribution in [3.8, 4) is 0 Å². The molecular weight excluding hydrogens is 375 g/mol. The zero-order valence-electron chi connectivity index (χ0n) is 15.6. The Bertz CT molecular complexity index is 1180. The number of aryl methyl sites for hydroxylation is 1. The predicted octanol–water partition coefficient (Wildman–Crippen LogP) is 2.88. The zero-order chi connectivity index (χ0) is 20.5. The van der Waals surface area contributed by atoms with Gasteiger partial charge in [0.15, 0.2) is 0 Å². The summed E-state index contributed by atoms with van der Waals surface area (Å²) in [5.41, 5.74) is 3.10. The lowest BCUT2D eigenvalue weighted by Crippen LogP contribution is -2.31. The number of ether oxygens (including phenoxy) is 1. The highest BCUT2D eigenvalue weighted by Crippen LogP contribution is 2.25. The van der Waals surface area contributed by atoms with Crippen LogP contribution >= 0.6 is 0 Å². The number of ketones is 1. The molecule has 1 aliphatic heterocycles. The number of carbonyl (C=O) groups is 3. The number of nitrogens with zero attached hydrogens (tertiary/aromatic N) is 1. The number of Topliss-reactive ketones (excluding diaryl/α,β-unsaturated/α-hetero) is 1. The van der Waals surface area contributed by atoms with Gasteiger partial charge in [-0.2, -0.15) is 0 Å². The molecule has 0 bridgehead atoms. The van der Waals surface area contributed by atoms with E-state index in [4.69, 9.17) is 4.74 Å². The first kappa shape index (κ1) is 18.6. The van der Waals surface area contributed by atoms with E-state index in [-0.39, 0.29) is 23.7 Å². The molecule has 0 unspecified atom stereocenters. The molecule has 2 aromatic carbocycles. The van der Waals surface area contributed by atoms with Gasteiger partial charge in [0.05, 0.1) is 11.3 Å². The third kappa shape index (κ3) is 3.80. The fourth-order valence-corrected chi connectivity index (χ4v) is 3.28. The molecule has 0 fully saturated rings. The Morgan fingerprint density at radius 2 is 1.93 bits per heavy atom. The number of esters is 1. The van der Waals surface area contributed by atoms with Gasteiger partial charge in [-0.25, -0.2) is 9.18 Å². The fourth-order valence-electron chi connectivity index (χ4n) is 3.28. The molecule has 146 valence electrons. The van der Waals surface area contributed by atoms with Gasteiger partial charge >= 0.3 is 5.97 Å². The van der Waals surface area contributed by atoms with Crippen molar-refractivity contribution in [2.24, 2.45) is 0 Å². The molecule has 0 atom stereocenters. The highest BCUT2D eigenvalue weighted by molar-refractivity contribution is 6.45. The molecule has 1 aromatic heterocycles. The molecule has 0 aliphatic carbocycles. The molecule has 2 heterocycles. The van der Waals surface area contributed by atoms with Crippen LogP contribution in [0, 0.1) is 12.7 Å². The van der Waals surface area contributed by atoms with Gasteiger partial charge in [0.1, 0.15) is 12.4 Å². The molecular formula is C22H17FN2O4. The van der Waals surface area contributed by atoms with Gasteiger partial charge in [0.2, 0.25) is 0 Å². The van der Waals surface area contributed by atoms with Gasteiger partial charge in [-0.3, -0.25) is 9.59 Å². The van der Waals surface area contributed by atoms with E-state index in [1.807, 2.05) is 29.7 Å². The number of hydrogen-bond donors (Lipinski definition) is 1. The number of hydrogen-bond acceptors (Lipinski definition) is 4. The Balaban J connectivity index is 1.68. The number of nitrogens with one attached hydrogen (secondary N) is 1. The molecule has 3 aromatic rings. The number of halogens is 1. The molecule has 0 saturated heterocycles. The Labute approximate surface area is 165 Å². The van der Waals surface area contributed by atoms with Crippen molar-refractivity contribution in [1.82, 2.24) is 9.88 Å². The van der Waals surface area contributed by atoms with Crippen molar-refractivity contribution < 1.29 is 23.5 Å². The molecule has 1 amide bonds. The SMILES string of the molecule is Cc1ccc2c(c1)c(C(=O)C(=O)NC1=CC(=O)OC1)cn2Cc1ccc(F)cc1. The normalized spacial score (nSPS) is 13.3. The maximum absolute atomic E-state index is 13.2. The Morgan fingerprint density at radius 1 is 1.17 bits per heavy atom. The van der Waals surface area contributed by atoms with Crippen LogP contribution in [0.25, 0.3) is 10.9 Å². The van der Waals surface area contributed by atoms with Crippen LogP contribution in [0.1, 0.15) is 21.5 Å². The van der Waals surface area contributed by atoms with E-state index in [0.29, 0.717) is 11.9 Å². The maximum atomic E-state index is 13.2. The molecule has 29 heavy (non-hydrogen) atoms. The van der Waals surface area contributed by atoms with Crippen LogP contribution in [0.4, 0.5) is 4.39 Å². The minimum atomic E-state index is -0.836. The first-order valence-electron chi connectivity index (χ1n) is 8.97. The van der Waals surface area contributed by atoms with Crippen molar-refractivity contribution in [1.29, 1.82) is 0 Å². The molecule has 6 nitrogen and oxygen atoms in total. The molecule has 0 radical (unpaired) electrons. The van der Waals surface area contributed by atoms with Gasteiger partial charge in [-0.05, 0) is 36.8 Å². The Kier molecular flexibility index (Phi) is 4.72. The smallest absolute Gasteiger partial charge is 0.333 e. The van der Waals surface area contributed by atoms with Crippen LogP contribution in [-0.2, 0) is 20.9 Å². The summed E-state index contributed by atoms with van der Waals surface area (Å²) >= 11 is 0. The van der Waals surface area contributed by atoms with Crippen LogP contribution in [0.2, 0.25) is 0 Å². The zero-order valence-corrected chi connectivity index (χ0v) is 15.6. The molecule has 4 rings (SSSR count). The molecule has 0 spiro atoms. The standard InChI is InChI=1S/C22H17FN2O4/c1-13-2-7-19-17(8-13)18(11-25(19)10-14-3-5-15(23)6-4-14)21(27)22(28)24-16-9-20(26)29-12-16/h2-9,11H,10,12H2,1H3,(H,24,28). The van der Waals surface area contributed by atoms with Gasteiger partial charge in [0, 0.05) is 29.7 Å². The van der Waals surface area contributed by atoms with Crippen molar-refractivity contribution in [3.05, 3.63) is 82.9 Å². The third-order valence-corrected chi connectivity index (χ3v) is 4.69. The van der Waals surface area contributed by atoms with E-state index in [2.05, 4.69) is 5.32 Å². The average Bonchev–Trinajstić information content (AvgIpc) is 3.26. The van der Waals surface area contributed by atoms with E-state index in [1.54, 1.807) is 18.3 Å². The summed E-state index contributed by atoms with van der Waals surface area (Å²) in [7, 11) is 0. The minimum Gasteiger partial charge on any atom is -0.456 e. The fraction of sp³-hybridized carbons (Fsp3) is 0.136. The lowest BCUT2D eigenvalue weighted by atomic mass is 10.1. The number of carbonyl (C=O) groups excluding carboxylic acids is 3. The van der Waals surface area contributed by atoms with Crippen molar-refractivity contribution in [3.63, 3.8) is 0 Å². The summed E-state index contributed by atoms with van der Waals surface area (Å²) in [4.78, 5) is 36.4. The van der Waals surface area contributed by atoms with Gasteiger partial charge in [0.25, 0.3) is 11.7 Å². The number of rotatable bonds is 5. The van der Waals surface area contributed by atoms with Crippen LogP contribution in [-0.4, -0.2) is 28.8 Å². The lowest BCUT2D eigenvalue weighted by molar-refractivity contribution is -0.135. The second-order valence-corrected chi connectivity index (χ2v) is 6.88. The van der Waals surface area contributed by atoms with Gasteiger partial charge in [-0.1, -0.05) is 23.8 Å². The summed E-state index contributed by atoms with van der Waals surface area (Å²) < 4.78 is 19.8. The van der Waals surface area contributed by atoms with Crippen LogP contribution in [0.5, 0.6) is 0 Å². The molecule has 0 saturated carbocycles. The second kappa shape index (κ2) is 7.35. The van der Waals surface area contributed by atoms with E-state index in [9.17, 15) is 18.8 Å². The van der Waals surface area contributed by atoms with Crippen molar-refractivity contribution in [2.75, 3.05) is 6.61 Å². The topological polar surface area (TPSA) is 77.4 Å². The van der Waals surface area contributed by atoms with Crippen LogP contribution in [0.15, 0.2) is 60.4 Å². The van der Waals surface area contributed by atoms with E-state index < -0.39 is 17.7 Å². The van der Waals surface area contributed by atoms with E-state index >= 15 is 0 Å². The van der Waals surface area contributed by atoms with Gasteiger partial charge < -0.3 is 14.6 Å². The van der Waals surface area contributed by atoms with Crippen LogP contribution < -0.4 is 5.32 Å². The molecule has 7 heteroatoms. The van der Waals surface area contributed by atoms with Crippen molar-refractivity contribution >= 4 is 28.6 Å². The second-order valence-electron chi connectivity index (χ2n) is 6.88. The Hall–Kier alpha value is -3.74. The van der Waals surface area contributed by atoms with E-state index in [1.165, 1.54) is 12.1 Å². The largest absolute Gasteiger partial charge is 0.456 e.